The zero-order valence-electron chi connectivity index (χ0n) is 6.54. The average Bonchev–Trinajstić information content (AvgIpc) is 2.51. The number of rotatable bonds is 3. The molecular weight excluding hydrogens is 162 g/mol. The molecule has 0 amide bonds. The third kappa shape index (κ3) is 1.59. The number of nitrogens with zero attached hydrogens (tertiary/aromatic N) is 3. The lowest BCUT2D eigenvalue weighted by Gasteiger charge is -2.05. The van der Waals surface area contributed by atoms with Crippen LogP contribution in [-0.4, -0.2) is 26.2 Å². The van der Waals surface area contributed by atoms with E-state index in [1.165, 1.54) is 17.1 Å². The molecule has 0 radical (unpaired) electrons. The Kier molecular flexibility index (Phi) is 2.39. The molecular formula is C6H9N3O3. The van der Waals surface area contributed by atoms with Crippen LogP contribution >= 0.6 is 0 Å². The predicted molar refractivity (Wildman–Crippen MR) is 40.7 cm³/mol. The molecule has 0 aliphatic carbocycles. The monoisotopic (exact) mass is 171 g/mol. The lowest BCUT2D eigenvalue weighted by atomic mass is 10.4. The number of aliphatic hydroxyl groups excluding tert-OH is 1. The van der Waals surface area contributed by atoms with Crippen molar-refractivity contribution in [3.63, 3.8) is 0 Å². The molecule has 66 valence electrons. The number of imidazole rings is 1. The van der Waals surface area contributed by atoms with Gasteiger partial charge in [-0.15, -0.1) is 0 Å². The van der Waals surface area contributed by atoms with E-state index in [-0.39, 0.29) is 18.5 Å². The van der Waals surface area contributed by atoms with Crippen molar-refractivity contribution in [2.24, 2.45) is 0 Å². The average molecular weight is 171 g/mol. The molecule has 0 spiro atoms. The summed E-state index contributed by atoms with van der Waals surface area (Å²) in [5.41, 5.74) is 0. The van der Waals surface area contributed by atoms with E-state index in [9.17, 15) is 10.1 Å². The highest BCUT2D eigenvalue weighted by Crippen LogP contribution is 2.10. The second-order valence-corrected chi connectivity index (χ2v) is 2.47. The highest BCUT2D eigenvalue weighted by Gasteiger charge is 2.12. The van der Waals surface area contributed by atoms with Gasteiger partial charge in [-0.05, 0) is 16.8 Å². The number of hydrogen-bond acceptors (Lipinski definition) is 4. The van der Waals surface area contributed by atoms with Crippen LogP contribution in [-0.2, 0) is 0 Å². The molecule has 0 aliphatic heterocycles. The molecule has 1 unspecified atom stereocenters. The van der Waals surface area contributed by atoms with Gasteiger partial charge in [-0.2, -0.15) is 0 Å². The third-order valence-electron chi connectivity index (χ3n) is 1.55. The number of hydrogen-bond donors (Lipinski definition) is 1. The summed E-state index contributed by atoms with van der Waals surface area (Å²) in [6.45, 7) is 1.68. The fraction of sp³-hybridized carbons (Fsp3) is 0.500. The Morgan fingerprint density at radius 3 is 3.00 bits per heavy atom. The molecule has 0 aliphatic rings. The number of aromatic nitrogens is 2. The van der Waals surface area contributed by atoms with Gasteiger partial charge in [0.1, 0.15) is 6.20 Å². The molecule has 0 bridgehead atoms. The SMILES string of the molecule is CC(CO)n1cnc([N+](=O)[O-])c1. The van der Waals surface area contributed by atoms with Crippen LogP contribution in [0.25, 0.3) is 0 Å². The van der Waals surface area contributed by atoms with Crippen LogP contribution in [0.5, 0.6) is 0 Å². The molecule has 1 N–H and O–H groups in total. The van der Waals surface area contributed by atoms with Crippen LogP contribution in [0, 0.1) is 10.1 Å². The quantitative estimate of drug-likeness (QED) is 0.525. The van der Waals surface area contributed by atoms with Gasteiger partial charge in [-0.25, -0.2) is 0 Å². The minimum absolute atomic E-state index is 0.0620. The summed E-state index contributed by atoms with van der Waals surface area (Å²) in [6.07, 6.45) is 2.62. The van der Waals surface area contributed by atoms with E-state index in [1.807, 2.05) is 0 Å². The van der Waals surface area contributed by atoms with E-state index in [1.54, 1.807) is 6.92 Å². The maximum atomic E-state index is 10.2. The summed E-state index contributed by atoms with van der Waals surface area (Å²) in [5.74, 6) is -0.199. The third-order valence-corrected chi connectivity index (χ3v) is 1.55. The van der Waals surface area contributed by atoms with Crippen molar-refractivity contribution in [2.45, 2.75) is 13.0 Å². The smallest absolute Gasteiger partial charge is 0.381 e. The Morgan fingerprint density at radius 2 is 2.58 bits per heavy atom. The molecule has 0 saturated carbocycles. The molecule has 6 heteroatoms. The van der Waals surface area contributed by atoms with Crippen LogP contribution in [0.3, 0.4) is 0 Å². The maximum absolute atomic E-state index is 10.2. The first kappa shape index (κ1) is 8.66. The van der Waals surface area contributed by atoms with Crippen molar-refractivity contribution >= 4 is 5.82 Å². The highest BCUT2D eigenvalue weighted by atomic mass is 16.6. The van der Waals surface area contributed by atoms with Gasteiger partial charge < -0.3 is 19.8 Å². The largest absolute Gasteiger partial charge is 0.394 e. The number of nitro groups is 1. The Hall–Kier alpha value is -1.43. The molecule has 0 saturated heterocycles. The summed E-state index contributed by atoms with van der Waals surface area (Å²) < 4.78 is 1.50. The molecule has 0 fully saturated rings. The van der Waals surface area contributed by atoms with Crippen molar-refractivity contribution < 1.29 is 10.0 Å². The van der Waals surface area contributed by atoms with Crippen molar-refractivity contribution in [2.75, 3.05) is 6.61 Å². The van der Waals surface area contributed by atoms with Gasteiger partial charge in [0.25, 0.3) is 0 Å². The Labute approximate surface area is 68.6 Å². The van der Waals surface area contributed by atoms with Gasteiger partial charge in [-0.3, -0.25) is 0 Å². The zero-order chi connectivity index (χ0) is 9.14. The van der Waals surface area contributed by atoms with Crippen LogP contribution < -0.4 is 0 Å². The molecule has 1 heterocycles. The predicted octanol–water partition coefficient (Wildman–Crippen LogP) is 0.345. The van der Waals surface area contributed by atoms with Gasteiger partial charge >= 0.3 is 5.82 Å². The summed E-state index contributed by atoms with van der Waals surface area (Å²) in [7, 11) is 0. The highest BCUT2D eigenvalue weighted by molar-refractivity contribution is 5.12. The molecule has 6 nitrogen and oxygen atoms in total. The van der Waals surface area contributed by atoms with E-state index in [4.69, 9.17) is 5.11 Å². The normalized spacial score (nSPS) is 12.8. The Morgan fingerprint density at radius 1 is 1.92 bits per heavy atom. The van der Waals surface area contributed by atoms with Crippen molar-refractivity contribution in [1.82, 2.24) is 9.55 Å². The van der Waals surface area contributed by atoms with Crippen molar-refractivity contribution in [1.29, 1.82) is 0 Å². The second kappa shape index (κ2) is 3.31. The maximum Gasteiger partial charge on any atom is 0.381 e. The Bertz CT molecular complexity index is 283. The number of aliphatic hydroxyl groups is 1. The Balaban J connectivity index is 2.84. The topological polar surface area (TPSA) is 81.2 Å². The minimum atomic E-state index is -0.569. The van der Waals surface area contributed by atoms with E-state index in [0.717, 1.165) is 0 Å². The molecule has 1 aromatic rings. The fourth-order valence-electron chi connectivity index (χ4n) is 0.755. The summed E-state index contributed by atoms with van der Waals surface area (Å²) in [4.78, 5) is 13.2. The fourth-order valence-corrected chi connectivity index (χ4v) is 0.755. The molecule has 12 heavy (non-hydrogen) atoms. The van der Waals surface area contributed by atoms with E-state index >= 15 is 0 Å². The van der Waals surface area contributed by atoms with E-state index in [2.05, 4.69) is 4.98 Å². The summed E-state index contributed by atoms with van der Waals surface area (Å²) >= 11 is 0. The van der Waals surface area contributed by atoms with Gasteiger partial charge in [0.2, 0.25) is 6.33 Å². The zero-order valence-corrected chi connectivity index (χ0v) is 6.54. The molecule has 1 atom stereocenters. The van der Waals surface area contributed by atoms with E-state index < -0.39 is 4.92 Å². The second-order valence-electron chi connectivity index (χ2n) is 2.47. The van der Waals surface area contributed by atoms with Crippen LogP contribution in [0.2, 0.25) is 0 Å². The van der Waals surface area contributed by atoms with Crippen LogP contribution in [0.15, 0.2) is 12.5 Å². The first-order valence-corrected chi connectivity index (χ1v) is 3.44. The first-order chi connectivity index (χ1) is 5.65. The summed E-state index contributed by atoms with van der Waals surface area (Å²) in [5, 5.41) is 18.9. The lowest BCUT2D eigenvalue weighted by molar-refractivity contribution is -0.389. The lowest BCUT2D eigenvalue weighted by Crippen LogP contribution is -2.06. The van der Waals surface area contributed by atoms with Crippen LogP contribution in [0.1, 0.15) is 13.0 Å². The first-order valence-electron chi connectivity index (χ1n) is 3.44. The summed E-state index contributed by atoms with van der Waals surface area (Å²) in [6, 6.07) is -0.175. The molecule has 1 rings (SSSR count). The molecule has 0 aromatic carbocycles. The van der Waals surface area contributed by atoms with Gasteiger partial charge in [0.15, 0.2) is 0 Å². The minimum Gasteiger partial charge on any atom is -0.394 e. The standard InChI is InChI=1S/C6H9N3O3/c1-5(3-10)8-2-6(7-4-8)9(11)12/h2,4-5,10H,3H2,1H3. The molecule has 1 aromatic heterocycles. The van der Waals surface area contributed by atoms with E-state index in [0.29, 0.717) is 0 Å². The van der Waals surface area contributed by atoms with Crippen LogP contribution in [0.4, 0.5) is 5.82 Å². The van der Waals surface area contributed by atoms with Gasteiger partial charge in [-0.1, -0.05) is 0 Å². The van der Waals surface area contributed by atoms with Crippen molar-refractivity contribution in [3.05, 3.63) is 22.6 Å². The van der Waals surface area contributed by atoms with Gasteiger partial charge in [0, 0.05) is 0 Å². The van der Waals surface area contributed by atoms with Gasteiger partial charge in [0.05, 0.1) is 12.6 Å². The van der Waals surface area contributed by atoms with Crippen molar-refractivity contribution in [3.8, 4) is 0 Å².